The molecule has 0 spiro atoms. The van der Waals surface area contributed by atoms with Crippen LogP contribution in [0.25, 0.3) is 0 Å². The Morgan fingerprint density at radius 3 is 2.40 bits per heavy atom. The van der Waals surface area contributed by atoms with Gasteiger partial charge in [-0.2, -0.15) is 4.31 Å². The number of benzene rings is 1. The van der Waals surface area contributed by atoms with E-state index in [0.717, 1.165) is 0 Å². The lowest BCUT2D eigenvalue weighted by atomic mass is 10.2. The normalized spacial score (nSPS) is 11.6. The third-order valence-electron chi connectivity index (χ3n) is 4.35. The van der Waals surface area contributed by atoms with E-state index in [0.29, 0.717) is 41.7 Å². The number of rotatable bonds is 9. The van der Waals surface area contributed by atoms with Gasteiger partial charge in [0.2, 0.25) is 15.9 Å². The number of carbonyl (C=O) groups excluding carboxylic acids is 1. The molecule has 0 bridgehead atoms. The Kier molecular flexibility index (Phi) is 8.49. The van der Waals surface area contributed by atoms with Crippen LogP contribution in [0.1, 0.15) is 32.0 Å². The smallest absolute Gasteiger partial charge is 0.243 e. The zero-order valence-corrected chi connectivity index (χ0v) is 19.7. The second-order valence-corrected chi connectivity index (χ2v) is 9.12. The van der Waals surface area contributed by atoms with Gasteiger partial charge in [0.15, 0.2) is 0 Å². The van der Waals surface area contributed by atoms with E-state index in [1.165, 1.54) is 22.5 Å². The van der Waals surface area contributed by atoms with Gasteiger partial charge in [-0.3, -0.25) is 4.79 Å². The molecule has 2 aromatic rings. The van der Waals surface area contributed by atoms with Crippen molar-refractivity contribution in [3.05, 3.63) is 45.7 Å². The van der Waals surface area contributed by atoms with Gasteiger partial charge in [-0.05, 0) is 38.1 Å². The Labute approximate surface area is 187 Å². The summed E-state index contributed by atoms with van der Waals surface area (Å²) < 4.78 is 32.6. The molecule has 1 N–H and O–H groups in total. The van der Waals surface area contributed by atoms with Gasteiger partial charge in [0.25, 0.3) is 0 Å². The fourth-order valence-corrected chi connectivity index (χ4v) is 5.05. The number of nitrogens with zero attached hydrogens (tertiary/aromatic N) is 2. The van der Waals surface area contributed by atoms with Crippen LogP contribution in [0.5, 0.6) is 5.75 Å². The maximum Gasteiger partial charge on any atom is 0.243 e. The Hall–Kier alpha value is -1.87. The van der Waals surface area contributed by atoms with Crippen LogP contribution in [-0.2, 0) is 21.2 Å². The van der Waals surface area contributed by atoms with Crippen molar-refractivity contribution in [2.45, 2.75) is 39.0 Å². The third-order valence-corrected chi connectivity index (χ3v) is 7.05. The van der Waals surface area contributed by atoms with E-state index < -0.39 is 15.9 Å². The number of hydrogen-bond acceptors (Lipinski definition) is 5. The van der Waals surface area contributed by atoms with Crippen LogP contribution in [0.15, 0.2) is 29.2 Å². The number of carbonyl (C=O) groups is 1. The van der Waals surface area contributed by atoms with E-state index in [9.17, 15) is 13.2 Å². The summed E-state index contributed by atoms with van der Waals surface area (Å²) in [5.41, 5.74) is 1.29. The molecule has 30 heavy (non-hydrogen) atoms. The van der Waals surface area contributed by atoms with Gasteiger partial charge < -0.3 is 10.1 Å². The summed E-state index contributed by atoms with van der Waals surface area (Å²) >= 11 is 12.3. The number of nitrogens with one attached hydrogen (secondary N) is 1. The SMILES string of the molecule is CCOc1ccc(S(=O)(=O)N(CC)CC)cc1NC(=O)Cc1c(Cl)cc(C)nc1Cl. The van der Waals surface area contributed by atoms with Crippen molar-refractivity contribution in [3.8, 4) is 5.75 Å². The van der Waals surface area contributed by atoms with E-state index in [1.54, 1.807) is 33.8 Å². The predicted molar refractivity (Wildman–Crippen MR) is 119 cm³/mol. The lowest BCUT2D eigenvalue weighted by Crippen LogP contribution is -2.30. The Bertz CT molecular complexity index is 1000. The van der Waals surface area contributed by atoms with E-state index in [-0.39, 0.29) is 22.2 Å². The average Bonchev–Trinajstić information content (AvgIpc) is 2.67. The van der Waals surface area contributed by atoms with Crippen LogP contribution in [0.2, 0.25) is 10.2 Å². The second kappa shape index (κ2) is 10.4. The molecule has 0 aliphatic rings. The van der Waals surface area contributed by atoms with Gasteiger partial charge in [0.05, 0.1) is 23.6 Å². The quantitative estimate of drug-likeness (QED) is 0.548. The molecule has 164 valence electrons. The molecule has 2 rings (SSSR count). The fourth-order valence-electron chi connectivity index (χ4n) is 2.90. The fraction of sp³-hybridized carbons (Fsp3) is 0.400. The first-order chi connectivity index (χ1) is 14.1. The van der Waals surface area contributed by atoms with Crippen LogP contribution in [0.4, 0.5) is 5.69 Å². The summed E-state index contributed by atoms with van der Waals surface area (Å²) in [6, 6.07) is 6.01. The number of pyridine rings is 1. The van der Waals surface area contributed by atoms with Crippen LogP contribution in [0, 0.1) is 6.92 Å². The molecule has 7 nitrogen and oxygen atoms in total. The number of ether oxygens (including phenoxy) is 1. The van der Waals surface area contributed by atoms with Crippen molar-refractivity contribution in [3.63, 3.8) is 0 Å². The van der Waals surface area contributed by atoms with E-state index >= 15 is 0 Å². The highest BCUT2D eigenvalue weighted by Gasteiger charge is 2.23. The third kappa shape index (κ3) is 5.63. The topological polar surface area (TPSA) is 88.6 Å². The molecule has 1 heterocycles. The molecule has 0 radical (unpaired) electrons. The van der Waals surface area contributed by atoms with Crippen molar-refractivity contribution in [1.82, 2.24) is 9.29 Å². The summed E-state index contributed by atoms with van der Waals surface area (Å²) in [6.45, 7) is 8.10. The van der Waals surface area contributed by atoms with Gasteiger partial charge >= 0.3 is 0 Å². The predicted octanol–water partition coefficient (Wildman–Crippen LogP) is 4.31. The number of amides is 1. The largest absolute Gasteiger partial charge is 0.492 e. The molecule has 1 aromatic carbocycles. The number of anilines is 1. The van der Waals surface area contributed by atoms with Gasteiger partial charge in [-0.15, -0.1) is 0 Å². The Balaban J connectivity index is 2.36. The highest BCUT2D eigenvalue weighted by atomic mass is 35.5. The lowest BCUT2D eigenvalue weighted by molar-refractivity contribution is -0.115. The zero-order valence-electron chi connectivity index (χ0n) is 17.3. The number of halogens is 2. The molecule has 0 aliphatic heterocycles. The Morgan fingerprint density at radius 2 is 1.83 bits per heavy atom. The minimum absolute atomic E-state index is 0.0676. The van der Waals surface area contributed by atoms with Crippen LogP contribution in [0.3, 0.4) is 0 Å². The molecule has 1 aromatic heterocycles. The second-order valence-electron chi connectivity index (χ2n) is 6.42. The lowest BCUT2D eigenvalue weighted by Gasteiger charge is -2.20. The molecule has 0 fully saturated rings. The first-order valence-electron chi connectivity index (χ1n) is 9.52. The van der Waals surface area contributed by atoms with Gasteiger partial charge in [0.1, 0.15) is 10.9 Å². The molecule has 10 heteroatoms. The standard InChI is InChI=1S/C20H25Cl2N3O4S/c1-5-25(6-2)30(27,28)14-8-9-18(29-7-3)17(11-14)24-19(26)12-15-16(21)10-13(4)23-20(15)22/h8-11H,5-7,12H2,1-4H3,(H,24,26). The van der Waals surface area contributed by atoms with Crippen molar-refractivity contribution in [2.75, 3.05) is 25.0 Å². The average molecular weight is 474 g/mol. The maximum atomic E-state index is 12.8. The highest BCUT2D eigenvalue weighted by molar-refractivity contribution is 7.89. The summed E-state index contributed by atoms with van der Waals surface area (Å²) in [7, 11) is -3.69. The van der Waals surface area contributed by atoms with Crippen LogP contribution >= 0.6 is 23.2 Å². The van der Waals surface area contributed by atoms with Crippen molar-refractivity contribution < 1.29 is 17.9 Å². The summed E-state index contributed by atoms with van der Waals surface area (Å²) in [6.07, 6.45) is -0.121. The molecule has 0 atom stereocenters. The minimum atomic E-state index is -3.69. The number of aromatic nitrogens is 1. The van der Waals surface area contributed by atoms with Crippen LogP contribution < -0.4 is 10.1 Å². The Morgan fingerprint density at radius 1 is 1.17 bits per heavy atom. The molecule has 0 aliphatic carbocycles. The number of sulfonamides is 1. The summed E-state index contributed by atoms with van der Waals surface area (Å²) in [4.78, 5) is 16.8. The van der Waals surface area contributed by atoms with Gasteiger partial charge in [-0.1, -0.05) is 37.0 Å². The number of aryl methyl sites for hydroxylation is 1. The van der Waals surface area contributed by atoms with Crippen molar-refractivity contribution >= 4 is 44.8 Å². The first-order valence-corrected chi connectivity index (χ1v) is 11.7. The van der Waals surface area contributed by atoms with E-state index in [2.05, 4.69) is 10.3 Å². The molecular formula is C20H25Cl2N3O4S. The highest BCUT2D eigenvalue weighted by Crippen LogP contribution is 2.30. The van der Waals surface area contributed by atoms with Crippen LogP contribution in [-0.4, -0.2) is 43.3 Å². The molecular weight excluding hydrogens is 449 g/mol. The van der Waals surface area contributed by atoms with Gasteiger partial charge in [0, 0.05) is 29.4 Å². The minimum Gasteiger partial charge on any atom is -0.492 e. The molecule has 0 saturated carbocycles. The molecule has 0 saturated heterocycles. The monoisotopic (exact) mass is 473 g/mol. The maximum absolute atomic E-state index is 12.8. The number of hydrogen-bond donors (Lipinski definition) is 1. The first kappa shape index (κ1) is 24.4. The molecule has 0 unspecified atom stereocenters. The summed E-state index contributed by atoms with van der Waals surface area (Å²) in [5, 5.41) is 3.20. The zero-order chi connectivity index (χ0) is 22.5. The van der Waals surface area contributed by atoms with Crippen molar-refractivity contribution in [2.24, 2.45) is 0 Å². The van der Waals surface area contributed by atoms with E-state index in [1.807, 2.05) is 0 Å². The molecule has 1 amide bonds. The van der Waals surface area contributed by atoms with Gasteiger partial charge in [-0.25, -0.2) is 13.4 Å². The van der Waals surface area contributed by atoms with Crippen molar-refractivity contribution in [1.29, 1.82) is 0 Å². The summed E-state index contributed by atoms with van der Waals surface area (Å²) in [5.74, 6) is -0.0636. The van der Waals surface area contributed by atoms with E-state index in [4.69, 9.17) is 27.9 Å².